The van der Waals surface area contributed by atoms with E-state index in [0.717, 1.165) is 19.3 Å². The fourth-order valence-corrected chi connectivity index (χ4v) is 2.74. The Balaban J connectivity index is 2.74. The number of carbonyl (C=O) groups excluding carboxylic acids is 2. The van der Waals surface area contributed by atoms with Crippen molar-refractivity contribution in [2.45, 2.75) is 39.2 Å². The van der Waals surface area contributed by atoms with Crippen molar-refractivity contribution in [2.75, 3.05) is 27.2 Å². The number of hydrogen-bond donors (Lipinski definition) is 1. The van der Waals surface area contributed by atoms with E-state index in [-0.39, 0.29) is 30.3 Å². The lowest BCUT2D eigenvalue weighted by atomic mass is 9.76. The maximum absolute atomic E-state index is 12.6. The van der Waals surface area contributed by atoms with Crippen LogP contribution in [0.2, 0.25) is 0 Å². The summed E-state index contributed by atoms with van der Waals surface area (Å²) in [6.07, 6.45) is 3.04. The first-order valence-electron chi connectivity index (χ1n) is 7.13. The third-order valence-electron chi connectivity index (χ3n) is 4.07. The van der Waals surface area contributed by atoms with E-state index < -0.39 is 0 Å². The first-order chi connectivity index (χ1) is 8.88. The zero-order valence-corrected chi connectivity index (χ0v) is 12.6. The van der Waals surface area contributed by atoms with E-state index >= 15 is 0 Å². The average molecular weight is 269 g/mol. The first-order valence-corrected chi connectivity index (χ1v) is 7.13. The molecule has 5 nitrogen and oxygen atoms in total. The molecule has 3 atom stereocenters. The second kappa shape index (κ2) is 6.89. The summed E-state index contributed by atoms with van der Waals surface area (Å²) in [5, 5.41) is 0. The molecule has 1 rings (SSSR count). The molecule has 1 saturated carbocycles. The lowest BCUT2D eigenvalue weighted by Gasteiger charge is -2.36. The molecule has 0 aromatic heterocycles. The number of nitrogens with two attached hydrogens (primary N) is 1. The van der Waals surface area contributed by atoms with Gasteiger partial charge in [-0.15, -0.1) is 0 Å². The van der Waals surface area contributed by atoms with Gasteiger partial charge in [0.2, 0.25) is 11.8 Å². The van der Waals surface area contributed by atoms with Gasteiger partial charge in [-0.05, 0) is 25.7 Å². The predicted molar refractivity (Wildman–Crippen MR) is 75.4 cm³/mol. The molecular formula is C14H27N3O2. The van der Waals surface area contributed by atoms with Crippen molar-refractivity contribution in [3.8, 4) is 0 Å². The number of likely N-dealkylation sites (N-methyl/N-ethyl adjacent to an activating group) is 2. The van der Waals surface area contributed by atoms with Crippen LogP contribution in [-0.4, -0.2) is 54.8 Å². The topological polar surface area (TPSA) is 66.6 Å². The second-order valence-electron chi connectivity index (χ2n) is 5.74. The number of nitrogens with zero attached hydrogens (tertiary/aromatic N) is 2. The van der Waals surface area contributed by atoms with E-state index in [1.54, 1.807) is 19.0 Å². The Morgan fingerprint density at radius 2 is 1.89 bits per heavy atom. The highest BCUT2D eigenvalue weighted by atomic mass is 16.2. The molecule has 110 valence electrons. The van der Waals surface area contributed by atoms with Gasteiger partial charge in [0.15, 0.2) is 0 Å². The SMILES string of the molecule is CCN(CC(=O)N(C)C)C(=O)C1C(C)CCCC1N. The Morgan fingerprint density at radius 3 is 2.37 bits per heavy atom. The number of rotatable bonds is 4. The summed E-state index contributed by atoms with van der Waals surface area (Å²) in [6.45, 7) is 4.69. The van der Waals surface area contributed by atoms with E-state index in [1.165, 1.54) is 4.90 Å². The van der Waals surface area contributed by atoms with Gasteiger partial charge in [-0.3, -0.25) is 9.59 Å². The summed E-state index contributed by atoms with van der Waals surface area (Å²) in [4.78, 5) is 27.5. The zero-order chi connectivity index (χ0) is 14.6. The van der Waals surface area contributed by atoms with E-state index in [0.29, 0.717) is 12.5 Å². The van der Waals surface area contributed by atoms with Crippen molar-refractivity contribution in [1.29, 1.82) is 0 Å². The van der Waals surface area contributed by atoms with Crippen LogP contribution >= 0.6 is 0 Å². The first kappa shape index (κ1) is 16.0. The van der Waals surface area contributed by atoms with Crippen molar-refractivity contribution >= 4 is 11.8 Å². The predicted octanol–water partition coefficient (Wildman–Crippen LogP) is 0.687. The molecular weight excluding hydrogens is 242 g/mol. The molecule has 5 heteroatoms. The summed E-state index contributed by atoms with van der Waals surface area (Å²) >= 11 is 0. The molecule has 0 heterocycles. The van der Waals surface area contributed by atoms with E-state index in [1.807, 2.05) is 6.92 Å². The average Bonchev–Trinajstić information content (AvgIpc) is 2.34. The minimum absolute atomic E-state index is 0.0393. The molecule has 0 aromatic carbocycles. The quantitative estimate of drug-likeness (QED) is 0.816. The molecule has 2 N–H and O–H groups in total. The number of amides is 2. The van der Waals surface area contributed by atoms with Crippen molar-refractivity contribution in [3.05, 3.63) is 0 Å². The largest absolute Gasteiger partial charge is 0.347 e. The molecule has 0 spiro atoms. The van der Waals surface area contributed by atoms with E-state index in [9.17, 15) is 9.59 Å². The van der Waals surface area contributed by atoms with Gasteiger partial charge in [0.05, 0.1) is 12.5 Å². The second-order valence-corrected chi connectivity index (χ2v) is 5.74. The van der Waals surface area contributed by atoms with E-state index in [2.05, 4.69) is 6.92 Å². The van der Waals surface area contributed by atoms with Gasteiger partial charge in [0, 0.05) is 26.7 Å². The Kier molecular flexibility index (Phi) is 5.79. The van der Waals surface area contributed by atoms with Crippen LogP contribution in [0.15, 0.2) is 0 Å². The standard InChI is InChI=1S/C14H27N3O2/c1-5-17(9-12(18)16(3)4)14(19)13-10(2)7-6-8-11(13)15/h10-11,13H,5-9,15H2,1-4H3. The van der Waals surface area contributed by atoms with Crippen LogP contribution in [0.25, 0.3) is 0 Å². The van der Waals surface area contributed by atoms with Gasteiger partial charge in [0.1, 0.15) is 0 Å². The van der Waals surface area contributed by atoms with E-state index in [4.69, 9.17) is 5.73 Å². The fraction of sp³-hybridized carbons (Fsp3) is 0.857. The highest BCUT2D eigenvalue weighted by Crippen LogP contribution is 2.30. The van der Waals surface area contributed by atoms with Crippen LogP contribution < -0.4 is 5.73 Å². The van der Waals surface area contributed by atoms with Crippen LogP contribution in [0.4, 0.5) is 0 Å². The Labute approximate surface area is 116 Å². The van der Waals surface area contributed by atoms with Gasteiger partial charge in [0.25, 0.3) is 0 Å². The summed E-state index contributed by atoms with van der Waals surface area (Å²) in [5.74, 6) is 0.160. The van der Waals surface area contributed by atoms with Crippen LogP contribution in [0, 0.1) is 11.8 Å². The van der Waals surface area contributed by atoms with Gasteiger partial charge >= 0.3 is 0 Å². The van der Waals surface area contributed by atoms with Crippen molar-refractivity contribution in [2.24, 2.45) is 17.6 Å². The summed E-state index contributed by atoms with van der Waals surface area (Å²) in [5.41, 5.74) is 6.11. The molecule has 2 amide bonds. The monoisotopic (exact) mass is 269 g/mol. The third kappa shape index (κ3) is 3.93. The van der Waals surface area contributed by atoms with Gasteiger partial charge in [-0.25, -0.2) is 0 Å². The summed E-state index contributed by atoms with van der Waals surface area (Å²) in [6, 6.07) is -0.0697. The lowest BCUT2D eigenvalue weighted by Crippen LogP contribution is -2.51. The Bertz CT molecular complexity index is 321. The maximum Gasteiger partial charge on any atom is 0.241 e. The highest BCUT2D eigenvalue weighted by Gasteiger charge is 2.36. The zero-order valence-electron chi connectivity index (χ0n) is 12.6. The van der Waals surface area contributed by atoms with Crippen molar-refractivity contribution in [1.82, 2.24) is 9.80 Å². The molecule has 1 aliphatic carbocycles. The van der Waals surface area contributed by atoms with Crippen molar-refractivity contribution in [3.63, 3.8) is 0 Å². The van der Waals surface area contributed by atoms with Gasteiger partial charge in [-0.2, -0.15) is 0 Å². The smallest absolute Gasteiger partial charge is 0.241 e. The minimum Gasteiger partial charge on any atom is -0.347 e. The van der Waals surface area contributed by atoms with Crippen molar-refractivity contribution < 1.29 is 9.59 Å². The molecule has 0 aliphatic heterocycles. The minimum atomic E-state index is -0.135. The van der Waals surface area contributed by atoms with Crippen LogP contribution in [-0.2, 0) is 9.59 Å². The normalized spacial score (nSPS) is 26.9. The summed E-state index contributed by atoms with van der Waals surface area (Å²) in [7, 11) is 3.41. The molecule has 1 fully saturated rings. The van der Waals surface area contributed by atoms with Crippen LogP contribution in [0.1, 0.15) is 33.1 Å². The molecule has 0 aromatic rings. The number of hydrogen-bond acceptors (Lipinski definition) is 3. The molecule has 0 radical (unpaired) electrons. The van der Waals surface area contributed by atoms with Crippen LogP contribution in [0.5, 0.6) is 0 Å². The molecule has 0 bridgehead atoms. The van der Waals surface area contributed by atoms with Gasteiger partial charge < -0.3 is 15.5 Å². The Hall–Kier alpha value is -1.10. The lowest BCUT2D eigenvalue weighted by molar-refractivity contribution is -0.144. The third-order valence-corrected chi connectivity index (χ3v) is 4.07. The maximum atomic E-state index is 12.6. The highest BCUT2D eigenvalue weighted by molar-refractivity contribution is 5.86. The molecule has 19 heavy (non-hydrogen) atoms. The summed E-state index contributed by atoms with van der Waals surface area (Å²) < 4.78 is 0. The number of carbonyl (C=O) groups is 2. The van der Waals surface area contributed by atoms with Gasteiger partial charge in [-0.1, -0.05) is 13.3 Å². The molecule has 3 unspecified atom stereocenters. The Morgan fingerprint density at radius 1 is 1.26 bits per heavy atom. The molecule has 0 saturated heterocycles. The fourth-order valence-electron chi connectivity index (χ4n) is 2.74. The molecule has 1 aliphatic rings. The van der Waals surface area contributed by atoms with Crippen LogP contribution in [0.3, 0.4) is 0 Å².